The van der Waals surface area contributed by atoms with Crippen molar-refractivity contribution in [3.05, 3.63) is 41.5 Å². The van der Waals surface area contributed by atoms with E-state index in [1.54, 1.807) is 13.4 Å². The summed E-state index contributed by atoms with van der Waals surface area (Å²) < 4.78 is 7.28. The third-order valence-corrected chi connectivity index (χ3v) is 4.39. The van der Waals surface area contributed by atoms with E-state index in [1.807, 2.05) is 10.7 Å². The molecule has 1 aromatic carbocycles. The van der Waals surface area contributed by atoms with E-state index in [9.17, 15) is 0 Å². The first-order chi connectivity index (χ1) is 10.2. The van der Waals surface area contributed by atoms with Crippen LogP contribution in [0.15, 0.2) is 24.5 Å². The molecule has 1 heterocycles. The average molecular weight is 286 g/mol. The molecule has 5 heteroatoms. The van der Waals surface area contributed by atoms with Crippen LogP contribution < -0.4 is 10.5 Å². The van der Waals surface area contributed by atoms with Gasteiger partial charge in [-0.05, 0) is 49.4 Å². The van der Waals surface area contributed by atoms with Crippen molar-refractivity contribution in [3.63, 3.8) is 0 Å². The summed E-state index contributed by atoms with van der Waals surface area (Å²) in [7, 11) is 1.69. The number of aryl methyl sites for hydroxylation is 2. The summed E-state index contributed by atoms with van der Waals surface area (Å²) in [5.74, 6) is 1.82. The number of nitrogens with two attached hydrogens (primary N) is 1. The van der Waals surface area contributed by atoms with Gasteiger partial charge in [-0.15, -0.1) is 0 Å². The molecule has 3 rings (SSSR count). The van der Waals surface area contributed by atoms with Crippen LogP contribution in [0.3, 0.4) is 0 Å². The molecule has 0 aliphatic heterocycles. The Kier molecular flexibility index (Phi) is 3.68. The van der Waals surface area contributed by atoms with Crippen molar-refractivity contribution < 1.29 is 4.74 Å². The van der Waals surface area contributed by atoms with Gasteiger partial charge >= 0.3 is 0 Å². The number of ether oxygens (including phenoxy) is 1. The first-order valence-electron chi connectivity index (χ1n) is 7.49. The lowest BCUT2D eigenvalue weighted by Crippen LogP contribution is -2.43. The van der Waals surface area contributed by atoms with E-state index >= 15 is 0 Å². The van der Waals surface area contributed by atoms with Crippen molar-refractivity contribution in [2.45, 2.75) is 44.7 Å². The number of fused-ring (bicyclic) bond motifs is 1. The predicted octanol–water partition coefficient (Wildman–Crippen LogP) is 2.04. The van der Waals surface area contributed by atoms with Crippen molar-refractivity contribution in [3.8, 4) is 5.75 Å². The highest BCUT2D eigenvalue weighted by molar-refractivity contribution is 5.42. The number of benzene rings is 1. The second-order valence-electron chi connectivity index (χ2n) is 5.70. The molecular weight excluding hydrogens is 264 g/mol. The van der Waals surface area contributed by atoms with E-state index in [1.165, 1.54) is 11.1 Å². The Hall–Kier alpha value is -1.88. The largest absolute Gasteiger partial charge is 0.497 e. The van der Waals surface area contributed by atoms with Crippen LogP contribution in [0.2, 0.25) is 0 Å². The maximum absolute atomic E-state index is 6.77. The van der Waals surface area contributed by atoms with Gasteiger partial charge in [-0.3, -0.25) is 4.68 Å². The Morgan fingerprint density at radius 1 is 1.43 bits per heavy atom. The molecule has 1 aliphatic rings. The van der Waals surface area contributed by atoms with Crippen LogP contribution in [0, 0.1) is 0 Å². The summed E-state index contributed by atoms with van der Waals surface area (Å²) in [5, 5.41) is 4.25. The summed E-state index contributed by atoms with van der Waals surface area (Å²) in [5.41, 5.74) is 8.90. The molecule has 2 aromatic rings. The molecule has 0 saturated heterocycles. The molecule has 0 radical (unpaired) electrons. The minimum Gasteiger partial charge on any atom is -0.497 e. The Morgan fingerprint density at radius 3 is 3.05 bits per heavy atom. The fourth-order valence-electron chi connectivity index (χ4n) is 3.25. The number of nitrogens with zero attached hydrogens (tertiary/aromatic N) is 3. The van der Waals surface area contributed by atoms with Gasteiger partial charge in [0.2, 0.25) is 0 Å². The van der Waals surface area contributed by atoms with Crippen LogP contribution in [0.25, 0.3) is 0 Å². The normalized spacial score (nSPS) is 21.1. The molecular formula is C16H22N4O. The van der Waals surface area contributed by atoms with Gasteiger partial charge in [0, 0.05) is 18.5 Å². The fourth-order valence-corrected chi connectivity index (χ4v) is 3.25. The molecule has 0 bridgehead atoms. The molecule has 1 aromatic heterocycles. The zero-order valence-electron chi connectivity index (χ0n) is 12.7. The third-order valence-electron chi connectivity index (χ3n) is 4.39. The van der Waals surface area contributed by atoms with Crippen molar-refractivity contribution in [1.82, 2.24) is 14.8 Å². The fraction of sp³-hybridized carbons (Fsp3) is 0.500. The van der Waals surface area contributed by atoms with E-state index in [0.717, 1.165) is 37.4 Å². The summed E-state index contributed by atoms with van der Waals surface area (Å²) in [6.45, 7) is 2.88. The number of hydrogen-bond acceptors (Lipinski definition) is 4. The van der Waals surface area contributed by atoms with Gasteiger partial charge in [0.25, 0.3) is 0 Å². The van der Waals surface area contributed by atoms with Crippen molar-refractivity contribution >= 4 is 0 Å². The Labute approximate surface area is 125 Å². The smallest absolute Gasteiger partial charge is 0.138 e. The quantitative estimate of drug-likeness (QED) is 0.934. The van der Waals surface area contributed by atoms with Crippen molar-refractivity contribution in [2.24, 2.45) is 5.73 Å². The van der Waals surface area contributed by atoms with Gasteiger partial charge in [-0.2, -0.15) is 5.10 Å². The van der Waals surface area contributed by atoms with Crippen LogP contribution in [0.4, 0.5) is 0 Å². The molecule has 1 unspecified atom stereocenters. The summed E-state index contributed by atoms with van der Waals surface area (Å²) in [4.78, 5) is 4.38. The maximum Gasteiger partial charge on any atom is 0.138 e. The highest BCUT2D eigenvalue weighted by Crippen LogP contribution is 2.37. The average Bonchev–Trinajstić information content (AvgIpc) is 2.94. The first-order valence-corrected chi connectivity index (χ1v) is 7.49. The number of aromatic nitrogens is 3. The number of methoxy groups -OCH3 is 1. The van der Waals surface area contributed by atoms with E-state index in [-0.39, 0.29) is 5.54 Å². The molecule has 1 aliphatic carbocycles. The molecule has 0 spiro atoms. The summed E-state index contributed by atoms with van der Waals surface area (Å²) >= 11 is 0. The van der Waals surface area contributed by atoms with Gasteiger partial charge in [0.1, 0.15) is 17.9 Å². The van der Waals surface area contributed by atoms with Crippen molar-refractivity contribution in [1.29, 1.82) is 0 Å². The monoisotopic (exact) mass is 286 g/mol. The number of hydrogen-bond donors (Lipinski definition) is 1. The SMILES string of the molecule is CCn1ncnc1CC1(N)CCCc2ccc(OC)cc21. The van der Waals surface area contributed by atoms with Gasteiger partial charge in [-0.1, -0.05) is 6.07 Å². The Morgan fingerprint density at radius 2 is 2.29 bits per heavy atom. The molecule has 0 saturated carbocycles. The Bertz CT molecular complexity index is 637. The highest BCUT2D eigenvalue weighted by atomic mass is 16.5. The molecule has 2 N–H and O–H groups in total. The second-order valence-corrected chi connectivity index (χ2v) is 5.70. The molecule has 21 heavy (non-hydrogen) atoms. The van der Waals surface area contributed by atoms with E-state index in [2.05, 4.69) is 29.1 Å². The molecule has 0 fully saturated rings. The van der Waals surface area contributed by atoms with Gasteiger partial charge in [-0.25, -0.2) is 4.98 Å². The zero-order chi connectivity index (χ0) is 14.9. The second kappa shape index (κ2) is 5.48. The van der Waals surface area contributed by atoms with E-state index < -0.39 is 0 Å². The molecule has 1 atom stereocenters. The molecule has 5 nitrogen and oxygen atoms in total. The zero-order valence-corrected chi connectivity index (χ0v) is 12.7. The van der Waals surface area contributed by atoms with E-state index in [0.29, 0.717) is 6.42 Å². The first kappa shape index (κ1) is 14.1. The van der Waals surface area contributed by atoms with Gasteiger partial charge in [0.05, 0.1) is 7.11 Å². The number of rotatable bonds is 4. The minimum absolute atomic E-state index is 0.387. The third kappa shape index (κ3) is 2.53. The standard InChI is InChI=1S/C16H22N4O/c1-3-20-15(18-11-19-20)10-16(17)8-4-5-12-6-7-13(21-2)9-14(12)16/h6-7,9,11H,3-5,8,10,17H2,1-2H3. The van der Waals surface area contributed by atoms with Crippen LogP contribution in [-0.2, 0) is 24.9 Å². The minimum atomic E-state index is -0.387. The van der Waals surface area contributed by atoms with Crippen LogP contribution in [0.1, 0.15) is 36.7 Å². The summed E-state index contributed by atoms with van der Waals surface area (Å²) in [6, 6.07) is 6.24. The predicted molar refractivity (Wildman–Crippen MR) is 81.2 cm³/mol. The lowest BCUT2D eigenvalue weighted by atomic mass is 9.75. The summed E-state index contributed by atoms with van der Waals surface area (Å²) in [6.07, 6.45) is 5.47. The van der Waals surface area contributed by atoms with Gasteiger partial charge in [0.15, 0.2) is 0 Å². The van der Waals surface area contributed by atoms with E-state index in [4.69, 9.17) is 10.5 Å². The van der Waals surface area contributed by atoms with Crippen molar-refractivity contribution in [2.75, 3.05) is 7.11 Å². The topological polar surface area (TPSA) is 66.0 Å². The lowest BCUT2D eigenvalue weighted by molar-refractivity contribution is 0.350. The lowest BCUT2D eigenvalue weighted by Gasteiger charge is -2.35. The molecule has 0 amide bonds. The highest BCUT2D eigenvalue weighted by Gasteiger charge is 2.34. The molecule has 112 valence electrons. The Balaban J connectivity index is 1.99. The van der Waals surface area contributed by atoms with Crippen LogP contribution >= 0.6 is 0 Å². The van der Waals surface area contributed by atoms with Crippen LogP contribution in [0.5, 0.6) is 5.75 Å². The van der Waals surface area contributed by atoms with Crippen LogP contribution in [-0.4, -0.2) is 21.9 Å². The maximum atomic E-state index is 6.77. The van der Waals surface area contributed by atoms with Gasteiger partial charge < -0.3 is 10.5 Å².